The van der Waals surface area contributed by atoms with E-state index in [9.17, 15) is 19.4 Å². The first-order valence-electron chi connectivity index (χ1n) is 36.0. The second-order valence-corrected chi connectivity index (χ2v) is 27.3. The van der Waals surface area contributed by atoms with Crippen molar-refractivity contribution in [3.63, 3.8) is 0 Å². The molecular formula is C73H141N2O6P. The first-order chi connectivity index (χ1) is 40.0. The number of aliphatic hydroxyl groups excluding tert-OH is 1. The molecule has 0 aliphatic carbocycles. The Labute approximate surface area is 511 Å². The Morgan fingerprint density at radius 2 is 0.744 bits per heavy atom. The van der Waals surface area contributed by atoms with Gasteiger partial charge in [-0.3, -0.25) is 9.36 Å². The molecular weight excluding hydrogens is 1030 g/mol. The lowest BCUT2D eigenvalue weighted by atomic mass is 10.0. The van der Waals surface area contributed by atoms with Crippen molar-refractivity contribution in [2.24, 2.45) is 0 Å². The van der Waals surface area contributed by atoms with Crippen LogP contribution in [0.3, 0.4) is 0 Å². The Morgan fingerprint density at radius 3 is 1.09 bits per heavy atom. The third-order valence-corrected chi connectivity index (χ3v) is 17.5. The summed E-state index contributed by atoms with van der Waals surface area (Å²) in [7, 11) is 1.32. The maximum atomic E-state index is 13.1. The van der Waals surface area contributed by atoms with Crippen molar-refractivity contribution in [3.8, 4) is 0 Å². The molecule has 0 spiro atoms. The zero-order valence-electron chi connectivity index (χ0n) is 55.5. The van der Waals surface area contributed by atoms with Crippen LogP contribution in [0.15, 0.2) is 48.6 Å². The minimum Gasteiger partial charge on any atom is -0.756 e. The van der Waals surface area contributed by atoms with E-state index in [1.54, 1.807) is 0 Å². The number of likely N-dealkylation sites (N-methyl/N-ethyl adjacent to an activating group) is 1. The maximum absolute atomic E-state index is 13.1. The largest absolute Gasteiger partial charge is 0.756 e. The number of aliphatic hydroxyl groups is 1. The van der Waals surface area contributed by atoms with Gasteiger partial charge in [-0.2, -0.15) is 0 Å². The first kappa shape index (κ1) is 80.5. The van der Waals surface area contributed by atoms with Crippen LogP contribution in [0.1, 0.15) is 361 Å². The van der Waals surface area contributed by atoms with Gasteiger partial charge < -0.3 is 28.8 Å². The molecule has 0 heterocycles. The topological polar surface area (TPSA) is 108 Å². The standard InChI is InChI=1S/C73H141N2O6P/c1-6-8-10-12-14-16-18-20-22-24-26-28-30-31-32-33-34-35-36-37-38-39-40-41-42-43-45-47-49-51-53-55-57-59-61-63-65-67-73(77)74-71(70-81-82(78,79)80-69-68-75(3,4)5)72(76)66-64-62-60-58-56-54-52-50-48-46-44-29-27-25-23-21-19-17-15-13-11-9-7-2/h8,10,14,16,20,22,26,28,71-72,76H,6-7,9,11-13,15,17-19,21,23-25,27,29-70H2,1-5H3,(H-,74,77,78,79)/b10-8-,16-14-,22-20-,28-26-. The van der Waals surface area contributed by atoms with E-state index in [-0.39, 0.29) is 19.1 Å². The number of carbonyl (C=O) groups is 1. The van der Waals surface area contributed by atoms with Gasteiger partial charge in [-0.1, -0.05) is 351 Å². The van der Waals surface area contributed by atoms with Gasteiger partial charge in [0.1, 0.15) is 13.2 Å². The van der Waals surface area contributed by atoms with Crippen LogP contribution in [0.2, 0.25) is 0 Å². The predicted octanol–water partition coefficient (Wildman–Crippen LogP) is 22.4. The van der Waals surface area contributed by atoms with E-state index in [0.29, 0.717) is 23.9 Å². The van der Waals surface area contributed by atoms with Gasteiger partial charge in [-0.15, -0.1) is 0 Å². The molecule has 2 N–H and O–H groups in total. The van der Waals surface area contributed by atoms with Gasteiger partial charge in [0.15, 0.2) is 0 Å². The number of hydrogen-bond acceptors (Lipinski definition) is 6. The Bertz CT molecular complexity index is 1480. The van der Waals surface area contributed by atoms with E-state index in [2.05, 4.69) is 67.8 Å². The van der Waals surface area contributed by atoms with Gasteiger partial charge in [0.25, 0.3) is 7.82 Å². The second kappa shape index (κ2) is 63.9. The fourth-order valence-corrected chi connectivity index (χ4v) is 11.8. The van der Waals surface area contributed by atoms with Crippen molar-refractivity contribution in [3.05, 3.63) is 48.6 Å². The molecule has 0 aromatic carbocycles. The van der Waals surface area contributed by atoms with Gasteiger partial charge in [-0.25, -0.2) is 0 Å². The first-order valence-corrected chi connectivity index (χ1v) is 37.4. The quantitative estimate of drug-likeness (QED) is 0.0272. The molecule has 0 saturated heterocycles. The molecule has 0 bridgehead atoms. The zero-order valence-corrected chi connectivity index (χ0v) is 56.4. The Hall–Kier alpha value is -1.54. The van der Waals surface area contributed by atoms with Crippen molar-refractivity contribution >= 4 is 13.7 Å². The normalized spacial score (nSPS) is 13.9. The molecule has 0 fully saturated rings. The minimum atomic E-state index is -4.58. The third kappa shape index (κ3) is 66.0. The molecule has 3 unspecified atom stereocenters. The summed E-state index contributed by atoms with van der Waals surface area (Å²) in [4.78, 5) is 25.7. The summed E-state index contributed by atoms with van der Waals surface area (Å²) in [6.07, 6.45) is 86.3. The molecule has 0 rings (SSSR count). The number of phosphoric acid groups is 1. The molecule has 0 radical (unpaired) electrons. The number of hydrogen-bond donors (Lipinski definition) is 2. The average molecular weight is 1170 g/mol. The number of allylic oxidation sites excluding steroid dienone is 8. The van der Waals surface area contributed by atoms with Crippen LogP contribution in [-0.4, -0.2) is 68.5 Å². The molecule has 82 heavy (non-hydrogen) atoms. The highest BCUT2D eigenvalue weighted by Crippen LogP contribution is 2.38. The van der Waals surface area contributed by atoms with Crippen LogP contribution in [0.25, 0.3) is 0 Å². The minimum absolute atomic E-state index is 0.0144. The molecule has 1 amide bonds. The zero-order chi connectivity index (χ0) is 59.8. The molecule has 484 valence electrons. The summed E-state index contributed by atoms with van der Waals surface area (Å²) in [5, 5.41) is 14.1. The van der Waals surface area contributed by atoms with Crippen LogP contribution in [-0.2, 0) is 18.4 Å². The molecule has 0 saturated carbocycles. The fraction of sp³-hybridized carbons (Fsp3) is 0.877. The van der Waals surface area contributed by atoms with E-state index in [1.807, 2.05) is 21.1 Å². The van der Waals surface area contributed by atoms with E-state index >= 15 is 0 Å². The lowest BCUT2D eigenvalue weighted by Gasteiger charge is -2.30. The van der Waals surface area contributed by atoms with Crippen molar-refractivity contribution in [1.82, 2.24) is 5.32 Å². The highest BCUT2D eigenvalue weighted by Gasteiger charge is 2.24. The monoisotopic (exact) mass is 1170 g/mol. The summed E-state index contributed by atoms with van der Waals surface area (Å²) in [5.41, 5.74) is 0. The average Bonchev–Trinajstić information content (AvgIpc) is 3.47. The number of quaternary nitrogens is 1. The number of phosphoric ester groups is 1. The maximum Gasteiger partial charge on any atom is 0.268 e. The van der Waals surface area contributed by atoms with E-state index < -0.39 is 20.0 Å². The van der Waals surface area contributed by atoms with E-state index in [0.717, 1.165) is 64.2 Å². The van der Waals surface area contributed by atoms with Crippen molar-refractivity contribution in [2.75, 3.05) is 40.9 Å². The molecule has 8 nitrogen and oxygen atoms in total. The van der Waals surface area contributed by atoms with Crippen molar-refractivity contribution in [2.45, 2.75) is 373 Å². The summed E-state index contributed by atoms with van der Waals surface area (Å²) >= 11 is 0. The Kier molecular flexibility index (Phi) is 62.7. The van der Waals surface area contributed by atoms with Gasteiger partial charge in [-0.05, 0) is 51.4 Å². The number of carbonyl (C=O) groups excluding carboxylic acids is 1. The smallest absolute Gasteiger partial charge is 0.268 e. The van der Waals surface area contributed by atoms with Crippen molar-refractivity contribution in [1.29, 1.82) is 0 Å². The SMILES string of the molecule is CC/C=C\C/C=C\C/C=C\C/C=C\CCCCCCCCCCCCCCCCCCCCCCCCCCC(=O)NC(COP(=O)([O-])OCC[N+](C)(C)C)C(O)CCCCCCCCCCCCCCCCCCCCCCCCC. The molecule has 9 heteroatoms. The van der Waals surface area contributed by atoms with Crippen LogP contribution in [0.5, 0.6) is 0 Å². The Balaban J connectivity index is 3.94. The second-order valence-electron chi connectivity index (χ2n) is 25.9. The van der Waals surface area contributed by atoms with Crippen LogP contribution in [0.4, 0.5) is 0 Å². The summed E-state index contributed by atoms with van der Waals surface area (Å²) in [5.74, 6) is -0.157. The number of rotatable bonds is 67. The third-order valence-electron chi connectivity index (χ3n) is 16.6. The lowest BCUT2D eigenvalue weighted by Crippen LogP contribution is -2.46. The number of amides is 1. The fourth-order valence-electron chi connectivity index (χ4n) is 11.0. The van der Waals surface area contributed by atoms with Crippen LogP contribution < -0.4 is 10.2 Å². The van der Waals surface area contributed by atoms with Crippen LogP contribution in [0, 0.1) is 0 Å². The van der Waals surface area contributed by atoms with Gasteiger partial charge in [0.05, 0.1) is 39.9 Å². The molecule has 0 aromatic rings. The number of unbranched alkanes of at least 4 members (excludes halogenated alkanes) is 46. The molecule has 3 atom stereocenters. The molecule has 0 aromatic heterocycles. The van der Waals surface area contributed by atoms with Crippen LogP contribution >= 0.6 is 7.82 Å². The molecule has 0 aliphatic rings. The summed E-state index contributed by atoms with van der Waals surface area (Å²) in [6, 6.07) is -0.800. The summed E-state index contributed by atoms with van der Waals surface area (Å²) in [6.45, 7) is 4.67. The highest BCUT2D eigenvalue weighted by atomic mass is 31.2. The van der Waals surface area contributed by atoms with E-state index in [4.69, 9.17) is 9.05 Å². The lowest BCUT2D eigenvalue weighted by molar-refractivity contribution is -0.870. The van der Waals surface area contributed by atoms with Crippen molar-refractivity contribution < 1.29 is 32.9 Å². The number of nitrogens with zero attached hydrogens (tertiary/aromatic N) is 1. The van der Waals surface area contributed by atoms with Gasteiger partial charge >= 0.3 is 0 Å². The predicted molar refractivity (Wildman–Crippen MR) is 358 cm³/mol. The molecule has 0 aliphatic heterocycles. The Morgan fingerprint density at radius 1 is 0.439 bits per heavy atom. The summed E-state index contributed by atoms with van der Waals surface area (Å²) < 4.78 is 23.5. The number of nitrogens with one attached hydrogen (secondary N) is 1. The van der Waals surface area contributed by atoms with E-state index in [1.165, 1.54) is 270 Å². The van der Waals surface area contributed by atoms with Gasteiger partial charge in [0, 0.05) is 6.42 Å². The highest BCUT2D eigenvalue weighted by molar-refractivity contribution is 7.45. The van der Waals surface area contributed by atoms with Gasteiger partial charge in [0.2, 0.25) is 5.91 Å².